The first-order valence-corrected chi connectivity index (χ1v) is 14.3. The van der Waals surface area contributed by atoms with E-state index in [1.165, 1.54) is 11.0 Å². The normalized spacial score (nSPS) is 26.4. The molecule has 12 heteroatoms. The van der Waals surface area contributed by atoms with Gasteiger partial charge in [0.1, 0.15) is 16.3 Å². The minimum absolute atomic E-state index is 0.00790. The summed E-state index contributed by atoms with van der Waals surface area (Å²) in [6, 6.07) is 2.49. The molecule has 4 rings (SSSR count). The summed E-state index contributed by atoms with van der Waals surface area (Å²) in [5.41, 5.74) is -1.59. The van der Waals surface area contributed by atoms with Crippen molar-refractivity contribution in [2.75, 3.05) is 19.6 Å². The first-order chi connectivity index (χ1) is 17.8. The number of halogens is 1. The summed E-state index contributed by atoms with van der Waals surface area (Å²) < 4.78 is 47.7. The Morgan fingerprint density at radius 3 is 2.39 bits per heavy atom. The molecule has 3 N–H and O–H groups in total. The SMILES string of the molecule is CC(C)(C)OC(=O)N1CC2(C/C=C/CNS(=O)(=O)c3cc(ccc3F)C(=O)N[C@H]3CCCC[C@H]3NC2=O)C1. The largest absolute Gasteiger partial charge is 0.444 e. The van der Waals surface area contributed by atoms with Crippen LogP contribution in [0.25, 0.3) is 0 Å². The number of likely N-dealkylation sites (tertiary alicyclic amines) is 1. The Bertz CT molecular complexity index is 1240. The molecule has 1 spiro atoms. The lowest BCUT2D eigenvalue weighted by Crippen LogP contribution is -2.67. The number of hydrogen-bond acceptors (Lipinski definition) is 6. The zero-order valence-electron chi connectivity index (χ0n) is 21.9. The van der Waals surface area contributed by atoms with E-state index in [1.807, 2.05) is 0 Å². The van der Waals surface area contributed by atoms with E-state index in [0.717, 1.165) is 25.0 Å². The molecule has 1 aromatic carbocycles. The molecule has 2 fully saturated rings. The van der Waals surface area contributed by atoms with Gasteiger partial charge in [-0.3, -0.25) is 9.59 Å². The molecule has 0 radical (unpaired) electrons. The van der Waals surface area contributed by atoms with Gasteiger partial charge in [0, 0.05) is 37.3 Å². The van der Waals surface area contributed by atoms with Crippen LogP contribution in [0, 0.1) is 11.2 Å². The van der Waals surface area contributed by atoms with E-state index in [4.69, 9.17) is 4.74 Å². The molecule has 3 amide bonds. The van der Waals surface area contributed by atoms with Gasteiger partial charge in [-0.1, -0.05) is 25.0 Å². The third-order valence-electron chi connectivity index (χ3n) is 7.07. The second kappa shape index (κ2) is 10.6. The maximum Gasteiger partial charge on any atom is 0.410 e. The Morgan fingerprint density at radius 1 is 1.08 bits per heavy atom. The van der Waals surface area contributed by atoms with Gasteiger partial charge in [0.15, 0.2) is 0 Å². The monoisotopic (exact) mass is 550 g/mol. The van der Waals surface area contributed by atoms with E-state index >= 15 is 0 Å². The Kier molecular flexibility index (Phi) is 7.85. The number of ether oxygens (including phenoxy) is 1. The van der Waals surface area contributed by atoms with Crippen molar-refractivity contribution < 1.29 is 31.9 Å². The van der Waals surface area contributed by atoms with Crippen LogP contribution in [0.2, 0.25) is 0 Å². The number of sulfonamides is 1. The second-order valence-electron chi connectivity index (χ2n) is 11.2. The molecule has 3 aliphatic rings. The number of nitrogens with one attached hydrogen (secondary N) is 3. The predicted octanol–water partition coefficient (Wildman–Crippen LogP) is 2.46. The highest BCUT2D eigenvalue weighted by molar-refractivity contribution is 7.89. The number of amides is 3. The van der Waals surface area contributed by atoms with Crippen LogP contribution in [0.1, 0.15) is 63.2 Å². The lowest BCUT2D eigenvalue weighted by molar-refractivity contribution is -0.141. The van der Waals surface area contributed by atoms with Crippen LogP contribution < -0.4 is 15.4 Å². The zero-order valence-corrected chi connectivity index (χ0v) is 22.7. The summed E-state index contributed by atoms with van der Waals surface area (Å²) in [5, 5.41) is 6.02. The maximum atomic E-state index is 14.4. The van der Waals surface area contributed by atoms with Crippen LogP contribution in [0.15, 0.2) is 35.2 Å². The van der Waals surface area contributed by atoms with Gasteiger partial charge in [0.2, 0.25) is 15.9 Å². The van der Waals surface area contributed by atoms with Gasteiger partial charge in [0.05, 0.1) is 5.41 Å². The molecule has 1 aliphatic carbocycles. The molecule has 0 unspecified atom stereocenters. The van der Waals surface area contributed by atoms with Crippen molar-refractivity contribution in [3.8, 4) is 0 Å². The van der Waals surface area contributed by atoms with Gasteiger partial charge in [-0.15, -0.1) is 0 Å². The highest BCUT2D eigenvalue weighted by Crippen LogP contribution is 2.36. The van der Waals surface area contributed by atoms with Crippen molar-refractivity contribution in [2.24, 2.45) is 5.41 Å². The Labute approximate surface area is 222 Å². The highest BCUT2D eigenvalue weighted by Gasteiger charge is 2.52. The van der Waals surface area contributed by atoms with E-state index in [2.05, 4.69) is 15.4 Å². The summed E-state index contributed by atoms with van der Waals surface area (Å²) in [4.78, 5) is 40.0. The van der Waals surface area contributed by atoms with E-state index in [9.17, 15) is 27.2 Å². The summed E-state index contributed by atoms with van der Waals surface area (Å²) in [7, 11) is -4.24. The predicted molar refractivity (Wildman–Crippen MR) is 137 cm³/mol. The van der Waals surface area contributed by atoms with Crippen molar-refractivity contribution in [1.29, 1.82) is 0 Å². The van der Waals surface area contributed by atoms with E-state index in [0.29, 0.717) is 12.8 Å². The van der Waals surface area contributed by atoms with Crippen molar-refractivity contribution in [3.05, 3.63) is 41.7 Å². The van der Waals surface area contributed by atoms with Gasteiger partial charge in [-0.05, 0) is 58.2 Å². The lowest BCUT2D eigenvalue weighted by atomic mass is 9.75. The number of rotatable bonds is 0. The fraction of sp³-hybridized carbons (Fsp3) is 0.577. The number of nitrogens with zero attached hydrogens (tertiary/aromatic N) is 1. The second-order valence-corrected chi connectivity index (χ2v) is 13.0. The molecule has 208 valence electrons. The van der Waals surface area contributed by atoms with E-state index in [-0.39, 0.29) is 49.6 Å². The Hall–Kier alpha value is -2.99. The first kappa shape index (κ1) is 28.0. The zero-order chi connectivity index (χ0) is 27.7. The molecule has 2 bridgehead atoms. The fourth-order valence-electron chi connectivity index (χ4n) is 5.03. The molecule has 1 aromatic rings. The average Bonchev–Trinajstić information content (AvgIpc) is 2.79. The number of benzene rings is 1. The smallest absolute Gasteiger partial charge is 0.410 e. The molecule has 1 saturated carbocycles. The van der Waals surface area contributed by atoms with Crippen molar-refractivity contribution in [2.45, 2.75) is 75.5 Å². The van der Waals surface area contributed by atoms with E-state index < -0.39 is 43.8 Å². The lowest BCUT2D eigenvalue weighted by Gasteiger charge is -2.49. The molecule has 10 nitrogen and oxygen atoms in total. The van der Waals surface area contributed by atoms with Crippen LogP contribution in [-0.4, -0.2) is 68.5 Å². The number of allylic oxidation sites excluding steroid dienone is 1. The highest BCUT2D eigenvalue weighted by atomic mass is 32.2. The third kappa shape index (κ3) is 6.17. The van der Waals surface area contributed by atoms with Crippen LogP contribution in [0.5, 0.6) is 0 Å². The molecule has 2 heterocycles. The standard InChI is InChI=1S/C26H35FN4O6S/c1-25(2,3)37-24(34)31-15-26(16-31)12-6-7-13-28-38(35,36)21-14-17(10-11-18(21)27)22(32)29-19-8-4-5-9-20(19)30-23(26)33/h6-7,10-11,14,19-20,28H,4-5,8-9,12-13,15-16H2,1-3H3,(H,29,32)(H,30,33)/b7-6+/t19-,20+/m0/s1. The van der Waals surface area contributed by atoms with Crippen LogP contribution in [0.3, 0.4) is 0 Å². The van der Waals surface area contributed by atoms with E-state index in [1.54, 1.807) is 32.9 Å². The Balaban J connectivity index is 1.61. The topological polar surface area (TPSA) is 134 Å². The third-order valence-corrected chi connectivity index (χ3v) is 8.51. The Morgan fingerprint density at radius 2 is 1.74 bits per heavy atom. The van der Waals surface area contributed by atoms with Crippen molar-refractivity contribution in [1.82, 2.24) is 20.3 Å². The summed E-state index contributed by atoms with van der Waals surface area (Å²) in [5.74, 6) is -1.74. The minimum atomic E-state index is -4.24. The van der Waals surface area contributed by atoms with Crippen molar-refractivity contribution in [3.63, 3.8) is 0 Å². The van der Waals surface area contributed by atoms with Gasteiger partial charge >= 0.3 is 6.09 Å². The summed E-state index contributed by atoms with van der Waals surface area (Å²) in [6.07, 6.45) is 5.99. The molecular weight excluding hydrogens is 515 g/mol. The number of hydrogen-bond donors (Lipinski definition) is 3. The van der Waals surface area contributed by atoms with Crippen LogP contribution in [0.4, 0.5) is 9.18 Å². The number of fused-ring (bicyclic) bond motifs is 3. The van der Waals surface area contributed by atoms with Crippen molar-refractivity contribution >= 4 is 27.9 Å². The molecule has 1 saturated heterocycles. The fourth-order valence-corrected chi connectivity index (χ4v) is 6.11. The van der Waals surface area contributed by atoms with Crippen LogP contribution >= 0.6 is 0 Å². The summed E-state index contributed by atoms with van der Waals surface area (Å²) >= 11 is 0. The quantitative estimate of drug-likeness (QED) is 0.425. The molecule has 2 aliphatic heterocycles. The van der Waals surface area contributed by atoms with Gasteiger partial charge < -0.3 is 20.3 Å². The van der Waals surface area contributed by atoms with Crippen LogP contribution in [-0.2, 0) is 19.6 Å². The first-order valence-electron chi connectivity index (χ1n) is 12.8. The summed E-state index contributed by atoms with van der Waals surface area (Å²) in [6.45, 7) is 5.44. The maximum absolute atomic E-state index is 14.4. The van der Waals surface area contributed by atoms with Gasteiger partial charge in [-0.25, -0.2) is 22.3 Å². The molecule has 38 heavy (non-hydrogen) atoms. The molecule has 0 aromatic heterocycles. The number of carbonyl (C=O) groups is 3. The molecule has 2 atom stereocenters. The minimum Gasteiger partial charge on any atom is -0.444 e. The van der Waals surface area contributed by atoms with Gasteiger partial charge in [0.25, 0.3) is 5.91 Å². The number of carbonyl (C=O) groups excluding carboxylic acids is 3. The average molecular weight is 551 g/mol. The van der Waals surface area contributed by atoms with Gasteiger partial charge in [-0.2, -0.15) is 0 Å². The molecular formula is C26H35FN4O6S.